The molecule has 0 radical (unpaired) electrons. The summed E-state index contributed by atoms with van der Waals surface area (Å²) in [6.07, 6.45) is 0.656. The molecule has 0 N–H and O–H groups in total. The topological polar surface area (TPSA) is 86.0 Å². The molecule has 1 amide bonds. The zero-order valence-electron chi connectivity index (χ0n) is 22.3. The average molecular weight is 557 g/mol. The molecule has 3 heterocycles. The van der Waals surface area contributed by atoms with Gasteiger partial charge in [-0.25, -0.2) is 13.6 Å². The zero-order chi connectivity index (χ0) is 28.1. The van der Waals surface area contributed by atoms with Crippen molar-refractivity contribution in [3.63, 3.8) is 0 Å². The molecule has 0 unspecified atom stereocenters. The van der Waals surface area contributed by atoms with Gasteiger partial charge in [0.05, 0.1) is 30.7 Å². The molecular weight excluding hydrogens is 522 g/mol. The minimum atomic E-state index is -1.27. The summed E-state index contributed by atoms with van der Waals surface area (Å²) >= 11 is 0. The van der Waals surface area contributed by atoms with Gasteiger partial charge in [0, 0.05) is 38.8 Å². The van der Waals surface area contributed by atoms with E-state index in [9.17, 15) is 23.2 Å². The highest BCUT2D eigenvalue weighted by atomic mass is 19.1. The number of morpholine rings is 1. The number of benzene rings is 2. The molecule has 214 valence electrons. The lowest BCUT2D eigenvalue weighted by molar-refractivity contribution is -0.119. The summed E-state index contributed by atoms with van der Waals surface area (Å²) in [5.74, 6) is 0.157. The first-order chi connectivity index (χ1) is 19.5. The fourth-order valence-electron chi connectivity index (χ4n) is 5.42. The molecule has 40 heavy (non-hydrogen) atoms. The van der Waals surface area contributed by atoms with Gasteiger partial charge in [-0.3, -0.25) is 23.6 Å². The number of nitrogens with zero attached hydrogens (tertiary/aromatic N) is 4. The molecule has 0 saturated carbocycles. The summed E-state index contributed by atoms with van der Waals surface area (Å²) in [5.41, 5.74) is 1.43. The third kappa shape index (κ3) is 6.10. The Morgan fingerprint density at radius 1 is 0.925 bits per heavy atom. The van der Waals surface area contributed by atoms with Crippen LogP contribution in [0.25, 0.3) is 10.9 Å². The molecule has 2 aliphatic rings. The molecular formula is C29H34F2N4O5. The van der Waals surface area contributed by atoms with Crippen molar-refractivity contribution in [1.29, 1.82) is 0 Å². The van der Waals surface area contributed by atoms with E-state index >= 15 is 0 Å². The van der Waals surface area contributed by atoms with Crippen molar-refractivity contribution < 1.29 is 23.0 Å². The molecule has 2 aromatic carbocycles. The Hall–Kier alpha value is -3.57. The highest BCUT2D eigenvalue weighted by molar-refractivity contribution is 5.80. The van der Waals surface area contributed by atoms with Crippen LogP contribution in [0.5, 0.6) is 5.75 Å². The fraction of sp³-hybridized carbons (Fsp3) is 0.483. The fourth-order valence-corrected chi connectivity index (χ4v) is 5.42. The number of amides is 1. The van der Waals surface area contributed by atoms with Crippen LogP contribution in [-0.4, -0.2) is 84.2 Å². The number of fused-ring (bicyclic) bond motifs is 1. The Balaban J connectivity index is 1.50. The summed E-state index contributed by atoms with van der Waals surface area (Å²) in [7, 11) is 0. The van der Waals surface area contributed by atoms with E-state index in [1.165, 1.54) is 16.7 Å². The van der Waals surface area contributed by atoms with Crippen LogP contribution in [0.3, 0.4) is 0 Å². The largest absolute Gasteiger partial charge is 0.485 e. The van der Waals surface area contributed by atoms with Gasteiger partial charge in [0.15, 0.2) is 6.10 Å². The van der Waals surface area contributed by atoms with Gasteiger partial charge in [-0.15, -0.1) is 0 Å². The number of aromatic nitrogens is 2. The Bertz CT molecular complexity index is 1420. The van der Waals surface area contributed by atoms with Crippen molar-refractivity contribution in [3.05, 3.63) is 74.4 Å². The van der Waals surface area contributed by atoms with Crippen molar-refractivity contribution in [2.75, 3.05) is 52.7 Å². The number of alkyl halides is 2. The SMILES string of the molecule is O=CN1CCC(n2c(=O)n(Cc3ccc(CN4CCOCC4)cc3)c(=O)c3cc(OC(CF)CF)ccc32)CC1. The van der Waals surface area contributed by atoms with Gasteiger partial charge in [0.25, 0.3) is 5.56 Å². The number of carbonyl (C=O) groups is 1. The number of ether oxygens (including phenoxy) is 2. The summed E-state index contributed by atoms with van der Waals surface area (Å²) in [4.78, 5) is 42.7. The Morgan fingerprint density at radius 3 is 2.20 bits per heavy atom. The second-order valence-corrected chi connectivity index (χ2v) is 10.3. The van der Waals surface area contributed by atoms with Crippen LogP contribution >= 0.6 is 0 Å². The summed E-state index contributed by atoms with van der Waals surface area (Å²) in [6.45, 7) is 3.06. The predicted octanol–water partition coefficient (Wildman–Crippen LogP) is 2.52. The lowest BCUT2D eigenvalue weighted by Crippen LogP contribution is -2.44. The molecule has 1 aromatic heterocycles. The molecule has 0 spiro atoms. The second kappa shape index (κ2) is 12.7. The van der Waals surface area contributed by atoms with Crippen LogP contribution in [0, 0.1) is 0 Å². The van der Waals surface area contributed by atoms with Crippen LogP contribution < -0.4 is 16.0 Å². The van der Waals surface area contributed by atoms with Crippen molar-refractivity contribution in [2.45, 2.75) is 38.1 Å². The molecule has 0 atom stereocenters. The van der Waals surface area contributed by atoms with E-state index in [1.807, 2.05) is 24.3 Å². The Labute approximate surface area is 230 Å². The van der Waals surface area contributed by atoms with Crippen LogP contribution in [0.2, 0.25) is 0 Å². The van der Waals surface area contributed by atoms with Crippen molar-refractivity contribution >= 4 is 17.3 Å². The summed E-state index contributed by atoms with van der Waals surface area (Å²) < 4.78 is 39.9. The van der Waals surface area contributed by atoms with Crippen molar-refractivity contribution in [3.8, 4) is 5.75 Å². The van der Waals surface area contributed by atoms with Crippen molar-refractivity contribution in [2.24, 2.45) is 0 Å². The maximum Gasteiger partial charge on any atom is 0.332 e. The number of rotatable bonds is 10. The van der Waals surface area contributed by atoms with Crippen LogP contribution in [0.4, 0.5) is 8.78 Å². The Morgan fingerprint density at radius 2 is 1.57 bits per heavy atom. The molecule has 11 heteroatoms. The highest BCUT2D eigenvalue weighted by Crippen LogP contribution is 2.26. The molecule has 0 bridgehead atoms. The van der Waals surface area contributed by atoms with E-state index in [2.05, 4.69) is 4.90 Å². The van der Waals surface area contributed by atoms with Crippen LogP contribution in [0.15, 0.2) is 52.1 Å². The maximum atomic E-state index is 13.8. The lowest BCUT2D eigenvalue weighted by atomic mass is 10.0. The Kier molecular flexibility index (Phi) is 8.91. The van der Waals surface area contributed by atoms with E-state index < -0.39 is 30.7 Å². The van der Waals surface area contributed by atoms with Gasteiger partial charge in [-0.2, -0.15) is 0 Å². The third-order valence-corrected chi connectivity index (χ3v) is 7.67. The van der Waals surface area contributed by atoms with Gasteiger partial charge >= 0.3 is 5.69 Å². The minimum absolute atomic E-state index is 0.0707. The molecule has 2 saturated heterocycles. The summed E-state index contributed by atoms with van der Waals surface area (Å²) in [6, 6.07) is 12.2. The molecule has 9 nitrogen and oxygen atoms in total. The van der Waals surface area contributed by atoms with Gasteiger partial charge < -0.3 is 14.4 Å². The van der Waals surface area contributed by atoms with Crippen LogP contribution in [-0.2, 0) is 22.6 Å². The summed E-state index contributed by atoms with van der Waals surface area (Å²) in [5, 5.41) is 0.232. The number of piperidine rings is 1. The predicted molar refractivity (Wildman–Crippen MR) is 146 cm³/mol. The quantitative estimate of drug-likeness (QED) is 0.357. The smallest absolute Gasteiger partial charge is 0.332 e. The number of hydrogen-bond donors (Lipinski definition) is 0. The second-order valence-electron chi connectivity index (χ2n) is 10.3. The van der Waals surface area contributed by atoms with E-state index in [-0.39, 0.29) is 23.7 Å². The minimum Gasteiger partial charge on any atom is -0.485 e. The molecule has 0 aliphatic carbocycles. The van der Waals surface area contributed by atoms with E-state index in [0.29, 0.717) is 31.4 Å². The molecule has 3 aromatic rings. The number of likely N-dealkylation sites (tertiary alicyclic amines) is 1. The third-order valence-electron chi connectivity index (χ3n) is 7.67. The highest BCUT2D eigenvalue weighted by Gasteiger charge is 2.25. The molecule has 2 fully saturated rings. The number of hydrogen-bond acceptors (Lipinski definition) is 6. The molecule has 2 aliphatic heterocycles. The van der Waals surface area contributed by atoms with Gasteiger partial charge in [-0.05, 0) is 42.2 Å². The van der Waals surface area contributed by atoms with Gasteiger partial charge in [-0.1, -0.05) is 24.3 Å². The van der Waals surface area contributed by atoms with Gasteiger partial charge in [0.1, 0.15) is 19.1 Å². The average Bonchev–Trinajstić information content (AvgIpc) is 3.00. The monoisotopic (exact) mass is 556 g/mol. The lowest BCUT2D eigenvalue weighted by Gasteiger charge is -2.31. The molecule has 5 rings (SSSR count). The van der Waals surface area contributed by atoms with E-state index in [4.69, 9.17) is 9.47 Å². The number of halogens is 2. The first-order valence-corrected chi connectivity index (χ1v) is 13.7. The number of carbonyl (C=O) groups excluding carboxylic acids is 1. The van der Waals surface area contributed by atoms with Crippen molar-refractivity contribution in [1.82, 2.24) is 18.9 Å². The standard InChI is InChI=1S/C29H34F2N4O5/c30-16-25(17-31)40-24-5-6-27-26(15-24)28(37)34(29(38)35(27)23-7-9-33(20-36)10-8-23)19-22-3-1-21(2-4-22)18-32-11-13-39-14-12-32/h1-6,15,20,23,25H,7-14,16-19H2. The first kappa shape index (κ1) is 28.0. The maximum absolute atomic E-state index is 13.8. The van der Waals surface area contributed by atoms with E-state index in [0.717, 1.165) is 50.4 Å². The zero-order valence-corrected chi connectivity index (χ0v) is 22.3. The first-order valence-electron chi connectivity index (χ1n) is 13.7. The van der Waals surface area contributed by atoms with Crippen LogP contribution in [0.1, 0.15) is 30.0 Å². The van der Waals surface area contributed by atoms with E-state index in [1.54, 1.807) is 15.5 Å². The normalized spacial score (nSPS) is 17.0. The van der Waals surface area contributed by atoms with Gasteiger partial charge in [0.2, 0.25) is 6.41 Å².